The van der Waals surface area contributed by atoms with E-state index in [4.69, 9.17) is 9.47 Å². The van der Waals surface area contributed by atoms with Crippen molar-refractivity contribution < 1.29 is 14.3 Å². The maximum absolute atomic E-state index is 11.8. The number of ether oxygens (including phenoxy) is 2. The van der Waals surface area contributed by atoms with Crippen LogP contribution in [0.1, 0.15) is 22.8 Å². The number of esters is 1. The largest absolute Gasteiger partial charge is 0.479 e. The lowest BCUT2D eigenvalue weighted by molar-refractivity contribution is -0.137. The number of hydrogen-bond donors (Lipinski definition) is 0. The molecule has 0 saturated carbocycles. The molecule has 2 aromatic rings. The van der Waals surface area contributed by atoms with Gasteiger partial charge in [-0.25, -0.2) is 4.79 Å². The van der Waals surface area contributed by atoms with Crippen LogP contribution in [0.2, 0.25) is 0 Å². The van der Waals surface area contributed by atoms with Crippen molar-refractivity contribution >= 4 is 37.9 Å². The first-order chi connectivity index (χ1) is 11.1. The maximum Gasteiger partial charge on any atom is 0.337 e. The first-order valence-electron chi connectivity index (χ1n) is 7.11. The fraction of sp³-hybridized carbons (Fsp3) is 0.105. The predicted molar refractivity (Wildman–Crippen MR) is 98.7 cm³/mol. The van der Waals surface area contributed by atoms with Gasteiger partial charge < -0.3 is 9.47 Å². The van der Waals surface area contributed by atoms with E-state index in [0.717, 1.165) is 26.0 Å². The third-order valence-corrected chi connectivity index (χ3v) is 4.83. The summed E-state index contributed by atoms with van der Waals surface area (Å²) in [7, 11) is 1.35. The van der Waals surface area contributed by atoms with Crippen molar-refractivity contribution in [2.45, 2.75) is 6.10 Å². The molecule has 0 amide bonds. The third kappa shape index (κ3) is 2.91. The average Bonchev–Trinajstić information content (AvgIpc) is 3.00. The van der Waals surface area contributed by atoms with Crippen LogP contribution >= 0.6 is 22.6 Å². The number of methoxy groups -OCH3 is 1. The molecule has 0 N–H and O–H groups in total. The van der Waals surface area contributed by atoms with Crippen LogP contribution in [-0.2, 0) is 14.3 Å². The molecule has 23 heavy (non-hydrogen) atoms. The van der Waals surface area contributed by atoms with Crippen LogP contribution in [0, 0.1) is 0 Å². The maximum atomic E-state index is 11.8. The third-order valence-electron chi connectivity index (χ3n) is 3.71. The summed E-state index contributed by atoms with van der Waals surface area (Å²) in [5.74, 6) is 0.309. The Morgan fingerprint density at radius 1 is 1.13 bits per heavy atom. The quantitative estimate of drug-likeness (QED) is 0.410. The molecular weight excluding hydrogens is 403 g/mol. The van der Waals surface area contributed by atoms with Crippen LogP contribution in [0.3, 0.4) is 0 Å². The van der Waals surface area contributed by atoms with E-state index in [2.05, 4.69) is 29.2 Å². The molecule has 1 aliphatic rings. The van der Waals surface area contributed by atoms with Crippen molar-refractivity contribution in [3.63, 3.8) is 0 Å². The van der Waals surface area contributed by atoms with E-state index in [-0.39, 0.29) is 0 Å². The summed E-state index contributed by atoms with van der Waals surface area (Å²) in [5, 5.41) is 0. The minimum absolute atomic E-state index is 0.298. The van der Waals surface area contributed by atoms with E-state index in [9.17, 15) is 4.79 Å². The van der Waals surface area contributed by atoms with Gasteiger partial charge in [0.15, 0.2) is 6.10 Å². The van der Waals surface area contributed by atoms with Crippen LogP contribution in [0.25, 0.3) is 9.34 Å². The lowest BCUT2D eigenvalue weighted by atomic mass is 9.99. The first kappa shape index (κ1) is 15.8. The molecule has 0 spiro atoms. The van der Waals surface area contributed by atoms with E-state index in [0.29, 0.717) is 5.57 Å². The Kier molecular flexibility index (Phi) is 4.52. The van der Waals surface area contributed by atoms with Crippen molar-refractivity contribution in [1.29, 1.82) is 0 Å². The highest BCUT2D eigenvalue weighted by Crippen LogP contribution is 2.46. The van der Waals surface area contributed by atoms with Crippen molar-refractivity contribution in [2.24, 2.45) is 0 Å². The van der Waals surface area contributed by atoms with Crippen molar-refractivity contribution in [3.05, 3.63) is 83.4 Å². The molecule has 0 radical (unpaired) electrons. The normalized spacial score (nSPS) is 17.9. The summed E-state index contributed by atoms with van der Waals surface area (Å²) in [5.41, 5.74) is 3.29. The summed E-state index contributed by atoms with van der Waals surface area (Å²) in [6.45, 7) is 3.85. The molecule has 0 saturated heterocycles. The van der Waals surface area contributed by atoms with Gasteiger partial charge in [0.1, 0.15) is 5.76 Å². The molecule has 0 aliphatic carbocycles. The zero-order valence-electron chi connectivity index (χ0n) is 12.6. The molecule has 0 aromatic heterocycles. The first-order valence-corrected chi connectivity index (χ1v) is 8.19. The van der Waals surface area contributed by atoms with Crippen molar-refractivity contribution in [2.75, 3.05) is 7.11 Å². The summed E-state index contributed by atoms with van der Waals surface area (Å²) >= 11 is 2.28. The van der Waals surface area contributed by atoms with E-state index in [1.807, 2.05) is 54.6 Å². The summed E-state index contributed by atoms with van der Waals surface area (Å²) in [6, 6.07) is 17.8. The van der Waals surface area contributed by atoms with Gasteiger partial charge in [-0.15, -0.1) is 0 Å². The number of halogens is 1. The van der Waals surface area contributed by atoms with Gasteiger partial charge in [0.05, 0.1) is 16.3 Å². The standard InChI is InChI=1S/C19H15IO3/c1-12(19(21)22-2)17-14-10-6-7-11-15(14)18(23-17)16(20)13-8-4-3-5-9-13/h3-11,17H,1H2,2H3/b18-16+. The summed E-state index contributed by atoms with van der Waals surface area (Å²) < 4.78 is 11.9. The highest BCUT2D eigenvalue weighted by Gasteiger charge is 2.34. The van der Waals surface area contributed by atoms with Crippen molar-refractivity contribution in [1.82, 2.24) is 0 Å². The minimum atomic E-state index is -0.512. The molecule has 1 unspecified atom stereocenters. The molecule has 0 fully saturated rings. The fourth-order valence-electron chi connectivity index (χ4n) is 2.56. The lowest BCUT2D eigenvalue weighted by Crippen LogP contribution is -2.11. The van der Waals surface area contributed by atoms with Crippen LogP contribution in [-0.4, -0.2) is 13.1 Å². The highest BCUT2D eigenvalue weighted by atomic mass is 127. The van der Waals surface area contributed by atoms with Gasteiger partial charge in [-0.1, -0.05) is 61.2 Å². The summed E-state index contributed by atoms with van der Waals surface area (Å²) in [4.78, 5) is 11.8. The Labute approximate surface area is 148 Å². The molecule has 4 heteroatoms. The highest BCUT2D eigenvalue weighted by molar-refractivity contribution is 14.1. The van der Waals surface area contributed by atoms with E-state index < -0.39 is 12.1 Å². The summed E-state index contributed by atoms with van der Waals surface area (Å²) in [6.07, 6.45) is -0.512. The van der Waals surface area contributed by atoms with Gasteiger partial charge in [0.2, 0.25) is 0 Å². The van der Waals surface area contributed by atoms with E-state index >= 15 is 0 Å². The smallest absolute Gasteiger partial charge is 0.337 e. The van der Waals surface area contributed by atoms with Gasteiger partial charge in [-0.05, 0) is 28.2 Å². The number of rotatable bonds is 3. The zero-order chi connectivity index (χ0) is 16.4. The Hall–Kier alpha value is -2.08. The average molecular weight is 418 g/mol. The molecule has 3 nitrogen and oxygen atoms in total. The fourth-order valence-corrected chi connectivity index (χ4v) is 3.34. The van der Waals surface area contributed by atoms with Crippen molar-refractivity contribution in [3.8, 4) is 0 Å². The van der Waals surface area contributed by atoms with Gasteiger partial charge in [-0.3, -0.25) is 0 Å². The number of hydrogen-bond acceptors (Lipinski definition) is 3. The number of carbonyl (C=O) groups excluding carboxylic acids is 1. The second-order valence-electron chi connectivity index (χ2n) is 5.11. The van der Waals surface area contributed by atoms with Gasteiger partial charge in [0.25, 0.3) is 0 Å². The molecule has 3 rings (SSSR count). The molecular formula is C19H15IO3. The van der Waals surface area contributed by atoms with Gasteiger partial charge in [0, 0.05) is 11.1 Å². The molecule has 0 bridgehead atoms. The topological polar surface area (TPSA) is 35.5 Å². The Bertz CT molecular complexity index is 793. The number of benzene rings is 2. The predicted octanol–water partition coefficient (Wildman–Crippen LogP) is 4.75. The van der Waals surface area contributed by atoms with Crippen LogP contribution in [0.5, 0.6) is 0 Å². The lowest BCUT2D eigenvalue weighted by Gasteiger charge is -2.14. The molecule has 1 atom stereocenters. The zero-order valence-corrected chi connectivity index (χ0v) is 14.7. The van der Waals surface area contributed by atoms with E-state index in [1.54, 1.807) is 0 Å². The number of fused-ring (bicyclic) bond motifs is 1. The minimum Gasteiger partial charge on any atom is -0.479 e. The Balaban J connectivity index is 2.09. The molecule has 116 valence electrons. The second-order valence-corrected chi connectivity index (χ2v) is 6.19. The van der Waals surface area contributed by atoms with Crippen LogP contribution in [0.4, 0.5) is 0 Å². The molecule has 1 heterocycles. The number of carbonyl (C=O) groups is 1. The Morgan fingerprint density at radius 2 is 1.78 bits per heavy atom. The molecule has 2 aromatic carbocycles. The van der Waals surface area contributed by atoms with E-state index in [1.165, 1.54) is 7.11 Å². The molecule has 1 aliphatic heterocycles. The van der Waals surface area contributed by atoms with Crippen LogP contribution < -0.4 is 0 Å². The van der Waals surface area contributed by atoms with Gasteiger partial charge in [-0.2, -0.15) is 0 Å². The monoisotopic (exact) mass is 418 g/mol. The second kappa shape index (κ2) is 6.58. The van der Waals surface area contributed by atoms with Gasteiger partial charge >= 0.3 is 5.97 Å². The SMILES string of the molecule is C=C(C(=O)OC)C1O/C(=C(/I)c2ccccc2)c2ccccc21. The Morgan fingerprint density at radius 3 is 2.48 bits per heavy atom. The van der Waals surface area contributed by atoms with Crippen LogP contribution in [0.15, 0.2) is 66.7 Å².